The lowest BCUT2D eigenvalue weighted by Crippen LogP contribution is -2.26. The molecule has 0 amide bonds. The Labute approximate surface area is 108 Å². The molecule has 20 heavy (non-hydrogen) atoms. The molecular weight excluding hydrogens is 321 g/mol. The van der Waals surface area contributed by atoms with Gasteiger partial charge in [0.15, 0.2) is 18.9 Å². The fourth-order valence-electron chi connectivity index (χ4n) is 1.32. The number of esters is 1. The lowest BCUT2D eigenvalue weighted by molar-refractivity contribution is -0.166. The third-order valence-corrected chi connectivity index (χ3v) is 4.32. The first-order valence-corrected chi connectivity index (χ1v) is 6.73. The average Bonchev–Trinajstić information content (AvgIpc) is 2.69. The zero-order valence-electron chi connectivity index (χ0n) is 9.66. The highest BCUT2D eigenvalue weighted by Gasteiger charge is 2.49. The van der Waals surface area contributed by atoms with E-state index in [1.54, 1.807) is 0 Å². The maximum absolute atomic E-state index is 12.0. The van der Waals surface area contributed by atoms with E-state index in [0.717, 1.165) is 0 Å². The zero-order valence-corrected chi connectivity index (χ0v) is 10.6. The number of alkyl halides is 6. The minimum Gasteiger partial charge on any atom is -0.465 e. The molecular formula is C8H9F6O5P. The van der Waals surface area contributed by atoms with Crippen LogP contribution in [0.3, 0.4) is 0 Å². The summed E-state index contributed by atoms with van der Waals surface area (Å²) in [6.45, 7) is -4.46. The maximum atomic E-state index is 12.0. The normalized spacial score (nSPS) is 21.1. The van der Waals surface area contributed by atoms with Crippen LogP contribution >= 0.6 is 7.60 Å². The van der Waals surface area contributed by atoms with Crippen molar-refractivity contribution in [3.05, 3.63) is 0 Å². The molecule has 1 aliphatic rings. The van der Waals surface area contributed by atoms with Crippen molar-refractivity contribution >= 4 is 13.6 Å². The molecule has 1 saturated heterocycles. The minimum absolute atomic E-state index is 0.280. The number of hydrogen-bond donors (Lipinski definition) is 0. The fraction of sp³-hybridized carbons (Fsp3) is 0.875. The highest BCUT2D eigenvalue weighted by molar-refractivity contribution is 7.55. The van der Waals surface area contributed by atoms with E-state index in [1.807, 2.05) is 0 Å². The molecule has 0 aromatic rings. The summed E-state index contributed by atoms with van der Waals surface area (Å²) in [6, 6.07) is 0. The van der Waals surface area contributed by atoms with Gasteiger partial charge < -0.3 is 4.74 Å². The van der Waals surface area contributed by atoms with Crippen molar-refractivity contribution in [2.45, 2.75) is 24.4 Å². The lowest BCUT2D eigenvalue weighted by Gasteiger charge is -2.22. The van der Waals surface area contributed by atoms with Crippen LogP contribution in [-0.2, 0) is 23.1 Å². The zero-order chi connectivity index (χ0) is 15.6. The van der Waals surface area contributed by atoms with Crippen LogP contribution < -0.4 is 0 Å². The van der Waals surface area contributed by atoms with E-state index in [1.165, 1.54) is 0 Å². The van der Waals surface area contributed by atoms with Gasteiger partial charge in [0.1, 0.15) is 0 Å². The largest absolute Gasteiger partial charge is 0.465 e. The van der Waals surface area contributed by atoms with E-state index < -0.39 is 44.8 Å². The molecule has 0 aromatic heterocycles. The van der Waals surface area contributed by atoms with Crippen LogP contribution in [0.5, 0.6) is 0 Å². The molecule has 118 valence electrons. The number of carbonyl (C=O) groups excluding carboxylic acids is 1. The van der Waals surface area contributed by atoms with E-state index in [0.29, 0.717) is 0 Å². The van der Waals surface area contributed by atoms with Gasteiger partial charge in [-0.15, -0.1) is 0 Å². The van der Waals surface area contributed by atoms with Crippen LogP contribution in [0.4, 0.5) is 26.3 Å². The Balaban J connectivity index is 2.82. The van der Waals surface area contributed by atoms with E-state index >= 15 is 0 Å². The fourth-order valence-corrected chi connectivity index (χ4v) is 3.16. The minimum atomic E-state index is -4.93. The third kappa shape index (κ3) is 5.29. The Morgan fingerprint density at radius 3 is 1.85 bits per heavy atom. The Kier molecular flexibility index (Phi) is 5.09. The van der Waals surface area contributed by atoms with Gasteiger partial charge in [0.25, 0.3) is 0 Å². The van der Waals surface area contributed by atoms with Crippen LogP contribution in [-0.4, -0.2) is 43.8 Å². The summed E-state index contributed by atoms with van der Waals surface area (Å²) >= 11 is 0. The molecule has 1 rings (SSSR count). The van der Waals surface area contributed by atoms with E-state index in [9.17, 15) is 35.7 Å². The second-order valence-corrected chi connectivity index (χ2v) is 6.01. The van der Waals surface area contributed by atoms with E-state index in [2.05, 4.69) is 13.8 Å². The molecule has 0 radical (unpaired) electrons. The Hall–Kier alpha value is -0.800. The predicted molar refractivity (Wildman–Crippen MR) is 51.0 cm³/mol. The van der Waals surface area contributed by atoms with Gasteiger partial charge in [-0.1, -0.05) is 0 Å². The molecule has 1 aliphatic heterocycles. The van der Waals surface area contributed by atoms with Crippen molar-refractivity contribution in [2.75, 3.05) is 19.8 Å². The van der Waals surface area contributed by atoms with Crippen LogP contribution in [0.2, 0.25) is 0 Å². The number of hydrogen-bond acceptors (Lipinski definition) is 5. The number of cyclic esters (lactones) is 1. The van der Waals surface area contributed by atoms with Crippen molar-refractivity contribution in [2.24, 2.45) is 0 Å². The summed E-state index contributed by atoms with van der Waals surface area (Å²) in [6.07, 6.45) is -10.2. The summed E-state index contributed by atoms with van der Waals surface area (Å²) in [5.74, 6) is -1.21. The molecule has 0 bridgehead atoms. The summed E-state index contributed by atoms with van der Waals surface area (Å²) < 4.78 is 96.2. The molecule has 1 unspecified atom stereocenters. The van der Waals surface area contributed by atoms with Crippen molar-refractivity contribution in [3.8, 4) is 0 Å². The third-order valence-electron chi connectivity index (χ3n) is 2.11. The smallest absolute Gasteiger partial charge is 0.412 e. The molecule has 1 heterocycles. The Bertz CT molecular complexity index is 383. The molecule has 0 spiro atoms. The molecule has 0 aliphatic carbocycles. The maximum Gasteiger partial charge on any atom is 0.412 e. The summed E-state index contributed by atoms with van der Waals surface area (Å²) in [5, 5.41) is 0. The van der Waals surface area contributed by atoms with Crippen LogP contribution in [0.25, 0.3) is 0 Å². The highest BCUT2D eigenvalue weighted by atomic mass is 31.2. The Morgan fingerprint density at radius 2 is 1.55 bits per heavy atom. The molecule has 0 saturated carbocycles. The number of ether oxygens (including phenoxy) is 1. The molecule has 1 fully saturated rings. The number of rotatable bonds is 5. The average molecular weight is 330 g/mol. The second-order valence-electron chi connectivity index (χ2n) is 3.79. The van der Waals surface area contributed by atoms with Gasteiger partial charge in [0.05, 0.1) is 6.61 Å². The van der Waals surface area contributed by atoms with E-state index in [-0.39, 0.29) is 13.0 Å². The standard InChI is InChI=1S/C8H9F6O5P/c9-7(10,11)3-18-20(16,19-4-8(12,13)14)5-1-2-17-6(5)15/h5H,1-4H2. The first-order valence-electron chi connectivity index (χ1n) is 5.12. The van der Waals surface area contributed by atoms with Gasteiger partial charge in [-0.25, -0.2) is 0 Å². The predicted octanol–water partition coefficient (Wildman–Crippen LogP) is 2.65. The number of carbonyl (C=O) groups is 1. The van der Waals surface area contributed by atoms with Gasteiger partial charge in [0.2, 0.25) is 0 Å². The van der Waals surface area contributed by atoms with Crippen molar-refractivity contribution < 1.29 is 49.5 Å². The van der Waals surface area contributed by atoms with Crippen molar-refractivity contribution in [1.82, 2.24) is 0 Å². The molecule has 1 atom stereocenters. The highest BCUT2D eigenvalue weighted by Crippen LogP contribution is 2.57. The quantitative estimate of drug-likeness (QED) is 0.441. The summed E-state index contributed by atoms with van der Waals surface area (Å²) in [4.78, 5) is 11.2. The topological polar surface area (TPSA) is 61.8 Å². The van der Waals surface area contributed by atoms with Crippen molar-refractivity contribution in [3.63, 3.8) is 0 Å². The molecule has 12 heteroatoms. The number of halogens is 6. The molecule has 0 aromatic carbocycles. The van der Waals surface area contributed by atoms with Gasteiger partial charge in [0, 0.05) is 6.42 Å². The van der Waals surface area contributed by atoms with Crippen LogP contribution in [0.1, 0.15) is 6.42 Å². The summed E-state index contributed by atoms with van der Waals surface area (Å²) in [7, 11) is -4.93. The Morgan fingerprint density at radius 1 is 1.10 bits per heavy atom. The van der Waals surface area contributed by atoms with Crippen molar-refractivity contribution in [1.29, 1.82) is 0 Å². The van der Waals surface area contributed by atoms with Gasteiger partial charge in [-0.05, 0) is 0 Å². The van der Waals surface area contributed by atoms with Gasteiger partial charge >= 0.3 is 25.9 Å². The molecule has 0 N–H and O–H groups in total. The summed E-state index contributed by atoms with van der Waals surface area (Å²) in [5.41, 5.74) is -1.78. The van der Waals surface area contributed by atoms with Crippen LogP contribution in [0.15, 0.2) is 0 Å². The lowest BCUT2D eigenvalue weighted by atomic mass is 10.4. The second kappa shape index (κ2) is 5.90. The molecule has 5 nitrogen and oxygen atoms in total. The monoisotopic (exact) mass is 330 g/mol. The van der Waals surface area contributed by atoms with E-state index in [4.69, 9.17) is 0 Å². The first kappa shape index (κ1) is 17.3. The van der Waals surface area contributed by atoms with Gasteiger partial charge in [-0.2, -0.15) is 26.3 Å². The first-order chi connectivity index (χ1) is 8.93. The SMILES string of the molecule is O=C1OCCC1P(=O)(OCC(F)(F)F)OCC(F)(F)F. The van der Waals surface area contributed by atoms with Gasteiger partial charge in [-0.3, -0.25) is 18.4 Å². The van der Waals surface area contributed by atoms with Crippen LogP contribution in [0, 0.1) is 0 Å².